The van der Waals surface area contributed by atoms with Crippen LogP contribution in [0.25, 0.3) is 0 Å². The minimum atomic E-state index is -0.383. The summed E-state index contributed by atoms with van der Waals surface area (Å²) in [5.74, 6) is 0.171. The molecule has 0 aliphatic carbocycles. The van der Waals surface area contributed by atoms with E-state index >= 15 is 0 Å². The van der Waals surface area contributed by atoms with E-state index in [1.807, 2.05) is 23.2 Å². The van der Waals surface area contributed by atoms with Gasteiger partial charge >= 0.3 is 0 Å². The van der Waals surface area contributed by atoms with Gasteiger partial charge in [0.1, 0.15) is 23.8 Å². The van der Waals surface area contributed by atoms with E-state index in [9.17, 15) is 5.11 Å². The number of anilines is 1. The number of aromatic nitrogens is 3. The van der Waals surface area contributed by atoms with Crippen molar-refractivity contribution in [3.05, 3.63) is 72.3 Å². The first-order chi connectivity index (χ1) is 11.2. The van der Waals surface area contributed by atoms with Gasteiger partial charge in [0.2, 0.25) is 0 Å². The average Bonchev–Trinajstić information content (AvgIpc) is 3.10. The highest BCUT2D eigenvalue weighted by molar-refractivity contribution is 7.80. The Morgan fingerprint density at radius 1 is 1.13 bits per heavy atom. The number of rotatable bonds is 4. The predicted octanol–water partition coefficient (Wildman–Crippen LogP) is 2.75. The number of nitrogens with zero attached hydrogens (tertiary/aromatic N) is 5. The molecular weight excluding hydrogens is 310 g/mol. The molecule has 3 aromatic rings. The van der Waals surface area contributed by atoms with Crippen LogP contribution in [0.5, 0.6) is 5.75 Å². The fourth-order valence-electron chi connectivity index (χ4n) is 2.22. The zero-order chi connectivity index (χ0) is 16.2. The van der Waals surface area contributed by atoms with Crippen LogP contribution in [-0.2, 0) is 0 Å². The Balaban J connectivity index is 2.03. The van der Waals surface area contributed by atoms with E-state index in [1.54, 1.807) is 47.7 Å². The van der Waals surface area contributed by atoms with Gasteiger partial charge in [-0.2, -0.15) is 5.26 Å². The highest BCUT2D eigenvalue weighted by Gasteiger charge is 2.20. The summed E-state index contributed by atoms with van der Waals surface area (Å²) in [4.78, 5) is 0. The molecule has 0 radical (unpaired) electrons. The number of benzene rings is 2. The summed E-state index contributed by atoms with van der Waals surface area (Å²) in [7, 11) is 0. The fraction of sp³-hybridized carbons (Fsp3) is 0.0625. The molecule has 1 atom stereocenters. The van der Waals surface area contributed by atoms with Gasteiger partial charge in [-0.15, -0.1) is 22.8 Å². The maximum absolute atomic E-state index is 9.69. The molecule has 0 aliphatic rings. The van der Waals surface area contributed by atoms with Crippen LogP contribution in [0.15, 0.2) is 61.2 Å². The Hall–Kier alpha value is -2.98. The molecule has 1 heterocycles. The van der Waals surface area contributed by atoms with Crippen molar-refractivity contribution in [3.8, 4) is 11.8 Å². The minimum absolute atomic E-state index is 0.171. The number of aromatic hydroxyl groups is 1. The third-order valence-electron chi connectivity index (χ3n) is 3.32. The van der Waals surface area contributed by atoms with E-state index in [-0.39, 0.29) is 11.1 Å². The van der Waals surface area contributed by atoms with Crippen molar-refractivity contribution in [1.82, 2.24) is 14.9 Å². The summed E-state index contributed by atoms with van der Waals surface area (Å²) < 4.78 is 1.70. The van der Waals surface area contributed by atoms with Crippen molar-refractivity contribution in [2.24, 2.45) is 0 Å². The Bertz CT molecular complexity index is 826. The molecule has 0 aliphatic heterocycles. The second-order valence-corrected chi connectivity index (χ2v) is 5.30. The monoisotopic (exact) mass is 323 g/mol. The molecule has 23 heavy (non-hydrogen) atoms. The van der Waals surface area contributed by atoms with E-state index in [2.05, 4.69) is 28.9 Å². The molecule has 6 nitrogen and oxygen atoms in total. The first kappa shape index (κ1) is 14.9. The standard InChI is InChI=1S/C16H13N5OS/c17-9-12-4-6-14(7-5-12)21(20-10-18-19-11-20)16(23)13-2-1-3-15(22)8-13/h1-8,10-11,16,22-23H. The Morgan fingerprint density at radius 2 is 1.83 bits per heavy atom. The molecule has 7 heteroatoms. The molecular formula is C16H13N5OS. The number of hydrogen-bond acceptors (Lipinski definition) is 6. The zero-order valence-corrected chi connectivity index (χ0v) is 12.9. The molecule has 0 fully saturated rings. The Labute approximate surface area is 138 Å². The molecule has 0 bridgehead atoms. The number of thiol groups is 1. The van der Waals surface area contributed by atoms with E-state index in [0.29, 0.717) is 5.56 Å². The van der Waals surface area contributed by atoms with E-state index < -0.39 is 0 Å². The largest absolute Gasteiger partial charge is 0.508 e. The lowest BCUT2D eigenvalue weighted by Crippen LogP contribution is -2.30. The molecule has 114 valence electrons. The first-order valence-corrected chi connectivity index (χ1v) is 7.32. The zero-order valence-electron chi connectivity index (χ0n) is 12.0. The molecule has 3 rings (SSSR count). The summed E-state index contributed by atoms with van der Waals surface area (Å²) in [6.45, 7) is 0. The van der Waals surface area contributed by atoms with Gasteiger partial charge in [0.05, 0.1) is 17.3 Å². The van der Waals surface area contributed by atoms with Crippen LogP contribution in [-0.4, -0.2) is 20.0 Å². The fourth-order valence-corrected chi connectivity index (χ4v) is 2.64. The topological polar surface area (TPSA) is 78.0 Å². The van der Waals surface area contributed by atoms with Crippen molar-refractivity contribution in [2.75, 3.05) is 5.01 Å². The van der Waals surface area contributed by atoms with Gasteiger partial charge in [0.15, 0.2) is 0 Å². The number of phenolic OH excluding ortho intramolecular Hbond substituents is 1. The molecule has 1 aromatic heterocycles. The summed E-state index contributed by atoms with van der Waals surface area (Å²) in [5.41, 5.74) is 2.20. The Kier molecular flexibility index (Phi) is 4.17. The van der Waals surface area contributed by atoms with Crippen molar-refractivity contribution >= 4 is 18.3 Å². The van der Waals surface area contributed by atoms with Gasteiger partial charge in [-0.25, -0.2) is 4.68 Å². The van der Waals surface area contributed by atoms with Crippen molar-refractivity contribution in [3.63, 3.8) is 0 Å². The van der Waals surface area contributed by atoms with Crippen LogP contribution < -0.4 is 5.01 Å². The van der Waals surface area contributed by atoms with Crippen molar-refractivity contribution in [1.29, 1.82) is 5.26 Å². The van der Waals surface area contributed by atoms with Gasteiger partial charge in [-0.3, -0.25) is 5.01 Å². The number of phenols is 1. The third-order valence-corrected chi connectivity index (χ3v) is 3.83. The highest BCUT2D eigenvalue weighted by atomic mass is 32.1. The van der Waals surface area contributed by atoms with Crippen molar-refractivity contribution < 1.29 is 5.11 Å². The molecule has 0 saturated carbocycles. The minimum Gasteiger partial charge on any atom is -0.508 e. The summed E-state index contributed by atoms with van der Waals surface area (Å²) >= 11 is 4.68. The summed E-state index contributed by atoms with van der Waals surface area (Å²) in [5, 5.41) is 27.8. The second-order valence-electron chi connectivity index (χ2n) is 4.81. The normalized spacial score (nSPS) is 11.7. The van der Waals surface area contributed by atoms with E-state index in [4.69, 9.17) is 5.26 Å². The molecule has 0 saturated heterocycles. The molecule has 2 aromatic carbocycles. The average molecular weight is 323 g/mol. The maximum atomic E-state index is 9.69. The molecule has 1 N–H and O–H groups in total. The third kappa shape index (κ3) is 3.12. The quantitative estimate of drug-likeness (QED) is 0.570. The highest BCUT2D eigenvalue weighted by Crippen LogP contribution is 2.32. The molecule has 0 amide bonds. The first-order valence-electron chi connectivity index (χ1n) is 6.80. The predicted molar refractivity (Wildman–Crippen MR) is 88.9 cm³/mol. The smallest absolute Gasteiger partial charge is 0.139 e. The van der Waals surface area contributed by atoms with Crippen molar-refractivity contribution in [2.45, 2.75) is 5.37 Å². The molecule has 1 unspecified atom stereocenters. The van der Waals surface area contributed by atoms with Crippen LogP contribution in [0.3, 0.4) is 0 Å². The maximum Gasteiger partial charge on any atom is 0.139 e. The van der Waals surface area contributed by atoms with Crippen LogP contribution in [0, 0.1) is 11.3 Å². The van der Waals surface area contributed by atoms with E-state index in [1.165, 1.54) is 0 Å². The number of hydrogen-bond donors (Lipinski definition) is 2. The van der Waals surface area contributed by atoms with Gasteiger partial charge in [-0.1, -0.05) is 12.1 Å². The lowest BCUT2D eigenvalue weighted by atomic mass is 10.2. The summed E-state index contributed by atoms with van der Waals surface area (Å²) in [6, 6.07) is 16.1. The summed E-state index contributed by atoms with van der Waals surface area (Å²) in [6.07, 6.45) is 3.12. The van der Waals surface area contributed by atoms with Crippen LogP contribution >= 0.6 is 12.6 Å². The Morgan fingerprint density at radius 3 is 2.43 bits per heavy atom. The van der Waals surface area contributed by atoms with Gasteiger partial charge in [0, 0.05) is 0 Å². The van der Waals surface area contributed by atoms with Gasteiger partial charge < -0.3 is 5.11 Å². The van der Waals surface area contributed by atoms with Gasteiger partial charge in [0.25, 0.3) is 0 Å². The van der Waals surface area contributed by atoms with Crippen LogP contribution in [0.4, 0.5) is 5.69 Å². The van der Waals surface area contributed by atoms with Crippen LogP contribution in [0.2, 0.25) is 0 Å². The van der Waals surface area contributed by atoms with Crippen LogP contribution in [0.1, 0.15) is 16.5 Å². The van der Waals surface area contributed by atoms with Gasteiger partial charge in [-0.05, 0) is 42.0 Å². The SMILES string of the molecule is N#Cc1ccc(N(C(S)c2cccc(O)c2)n2cnnc2)cc1. The lowest BCUT2D eigenvalue weighted by Gasteiger charge is -2.30. The number of nitriles is 1. The van der Waals surface area contributed by atoms with E-state index in [0.717, 1.165) is 11.3 Å². The lowest BCUT2D eigenvalue weighted by molar-refractivity contribution is 0.474. The molecule has 0 spiro atoms. The second kappa shape index (κ2) is 6.42.